The third kappa shape index (κ3) is 6.97. The van der Waals surface area contributed by atoms with E-state index < -0.39 is 34.3 Å². The monoisotopic (exact) mass is 359 g/mol. The zero-order chi connectivity index (χ0) is 18.2. The lowest BCUT2D eigenvalue weighted by Crippen LogP contribution is -2.50. The van der Waals surface area contributed by atoms with Gasteiger partial charge in [0.2, 0.25) is 0 Å². The van der Waals surface area contributed by atoms with Gasteiger partial charge < -0.3 is 14.8 Å². The van der Waals surface area contributed by atoms with E-state index in [4.69, 9.17) is 8.92 Å². The molecule has 0 aliphatic heterocycles. The van der Waals surface area contributed by atoms with E-state index in [-0.39, 0.29) is 13.0 Å². The summed E-state index contributed by atoms with van der Waals surface area (Å²) in [4.78, 5) is 23.7. The first-order valence-corrected chi connectivity index (χ1v) is 9.01. The zero-order valence-corrected chi connectivity index (χ0v) is 14.5. The van der Waals surface area contributed by atoms with Crippen LogP contribution in [-0.4, -0.2) is 52.6 Å². The zero-order valence-electron chi connectivity index (χ0n) is 13.7. The van der Waals surface area contributed by atoms with E-state index in [0.29, 0.717) is 0 Å². The fourth-order valence-corrected chi connectivity index (χ4v) is 2.59. The molecule has 134 valence electrons. The molecule has 0 aromatic heterocycles. The summed E-state index contributed by atoms with van der Waals surface area (Å²) >= 11 is 0. The molecule has 0 bridgehead atoms. The van der Waals surface area contributed by atoms with E-state index in [1.165, 1.54) is 0 Å². The maximum atomic E-state index is 12.0. The van der Waals surface area contributed by atoms with Gasteiger partial charge >= 0.3 is 12.1 Å². The molecule has 1 amide bonds. The summed E-state index contributed by atoms with van der Waals surface area (Å²) in [7, 11) is -2.85. The van der Waals surface area contributed by atoms with Gasteiger partial charge in [0.15, 0.2) is 6.10 Å². The van der Waals surface area contributed by atoms with Crippen LogP contribution in [0.5, 0.6) is 0 Å². The molecule has 0 fully saturated rings. The molecule has 0 spiro atoms. The normalized spacial score (nSPS) is 13.6. The Morgan fingerprint density at radius 2 is 1.83 bits per heavy atom. The Bertz CT molecular complexity index is 645. The summed E-state index contributed by atoms with van der Waals surface area (Å²) in [5.41, 5.74) is 0.769. The maximum absolute atomic E-state index is 12.0. The minimum atomic E-state index is -3.96. The number of rotatable bonds is 8. The average Bonchev–Trinajstić information content (AvgIpc) is 2.51. The molecule has 0 aliphatic carbocycles. The fourth-order valence-electron chi connectivity index (χ4n) is 2.00. The van der Waals surface area contributed by atoms with E-state index in [1.54, 1.807) is 31.2 Å². The number of ether oxygens (including phenoxy) is 2. The number of alkyl carbamates (subject to hydrolysis) is 1. The summed E-state index contributed by atoms with van der Waals surface area (Å²) in [5, 5.41) is 2.45. The lowest BCUT2D eigenvalue weighted by atomic mass is 10.0. The summed E-state index contributed by atoms with van der Waals surface area (Å²) in [5.74, 6) is -0.918. The second-order valence-electron chi connectivity index (χ2n) is 4.91. The van der Waals surface area contributed by atoms with Crippen molar-refractivity contribution < 1.29 is 31.7 Å². The maximum Gasteiger partial charge on any atom is 0.407 e. The molecule has 1 aromatic carbocycles. The standard InChI is InChI=1S/C15H21NO7S/c1-4-22-15(18)16-12(10-11-8-6-5-7-9-11)13(14(17)21-2)23-24(3,19)20/h5-9,12-13H,4,10H2,1-3H3,(H,16,18)/t12-,13-/m0/s1. The van der Waals surface area contributed by atoms with E-state index in [2.05, 4.69) is 10.1 Å². The Balaban J connectivity index is 3.09. The van der Waals surface area contributed by atoms with Crippen molar-refractivity contribution in [3.8, 4) is 0 Å². The quantitative estimate of drug-likeness (QED) is 0.542. The number of carbonyl (C=O) groups excluding carboxylic acids is 2. The Hall–Kier alpha value is -2.13. The van der Waals surface area contributed by atoms with Gasteiger partial charge in [0.25, 0.3) is 10.1 Å². The number of methoxy groups -OCH3 is 1. The predicted molar refractivity (Wildman–Crippen MR) is 85.8 cm³/mol. The SMILES string of the molecule is CCOC(=O)N[C@@H](Cc1ccccc1)[C@H](OS(C)(=O)=O)C(=O)OC. The predicted octanol–water partition coefficient (Wildman–Crippen LogP) is 0.862. The fraction of sp³-hybridized carbons (Fsp3) is 0.467. The van der Waals surface area contributed by atoms with Crippen molar-refractivity contribution in [2.75, 3.05) is 20.0 Å². The number of hydrogen-bond acceptors (Lipinski definition) is 7. The Labute approximate surface area is 141 Å². The van der Waals surface area contributed by atoms with Crippen molar-refractivity contribution in [3.05, 3.63) is 35.9 Å². The van der Waals surface area contributed by atoms with Gasteiger partial charge in [-0.15, -0.1) is 0 Å². The molecule has 0 radical (unpaired) electrons. The molecule has 0 heterocycles. The van der Waals surface area contributed by atoms with Gasteiger partial charge in [0, 0.05) is 0 Å². The minimum Gasteiger partial charge on any atom is -0.467 e. The molecule has 0 saturated heterocycles. The Morgan fingerprint density at radius 3 is 2.33 bits per heavy atom. The highest BCUT2D eigenvalue weighted by Gasteiger charge is 2.35. The van der Waals surface area contributed by atoms with Crippen LogP contribution in [0.2, 0.25) is 0 Å². The van der Waals surface area contributed by atoms with Crippen molar-refractivity contribution in [1.82, 2.24) is 5.32 Å². The average molecular weight is 359 g/mol. The summed E-state index contributed by atoms with van der Waals surface area (Å²) in [6, 6.07) is 7.92. The van der Waals surface area contributed by atoms with Crippen LogP contribution in [0.15, 0.2) is 30.3 Å². The van der Waals surface area contributed by atoms with Crippen LogP contribution < -0.4 is 5.32 Å². The van der Waals surface area contributed by atoms with Gasteiger partial charge in [-0.3, -0.25) is 4.18 Å². The molecular formula is C15H21NO7S. The van der Waals surface area contributed by atoms with Crippen LogP contribution in [0.25, 0.3) is 0 Å². The number of hydrogen-bond donors (Lipinski definition) is 1. The van der Waals surface area contributed by atoms with Crippen molar-refractivity contribution >= 4 is 22.2 Å². The first-order valence-electron chi connectivity index (χ1n) is 7.20. The molecule has 1 rings (SSSR count). The number of esters is 1. The van der Waals surface area contributed by atoms with Crippen molar-refractivity contribution in [3.63, 3.8) is 0 Å². The molecular weight excluding hydrogens is 338 g/mol. The number of nitrogens with one attached hydrogen (secondary N) is 1. The van der Waals surface area contributed by atoms with Gasteiger partial charge in [-0.25, -0.2) is 9.59 Å². The molecule has 24 heavy (non-hydrogen) atoms. The van der Waals surface area contributed by atoms with Crippen molar-refractivity contribution in [2.45, 2.75) is 25.5 Å². The van der Waals surface area contributed by atoms with Crippen LogP contribution in [0.3, 0.4) is 0 Å². The van der Waals surface area contributed by atoms with Crippen LogP contribution in [0.1, 0.15) is 12.5 Å². The van der Waals surface area contributed by atoms with Gasteiger partial charge in [-0.2, -0.15) is 8.42 Å². The highest BCUT2D eigenvalue weighted by Crippen LogP contribution is 2.13. The number of amides is 1. The topological polar surface area (TPSA) is 108 Å². The first-order chi connectivity index (χ1) is 11.3. The third-order valence-corrected chi connectivity index (χ3v) is 3.51. The summed E-state index contributed by atoms with van der Waals surface area (Å²) < 4.78 is 37.1. The van der Waals surface area contributed by atoms with Gasteiger partial charge in [-0.05, 0) is 18.9 Å². The molecule has 0 saturated carbocycles. The summed E-state index contributed by atoms with van der Waals surface area (Å²) in [6.07, 6.45) is -1.36. The second-order valence-corrected chi connectivity index (χ2v) is 6.51. The smallest absolute Gasteiger partial charge is 0.407 e. The van der Waals surface area contributed by atoms with Gasteiger partial charge in [-0.1, -0.05) is 30.3 Å². The molecule has 2 atom stereocenters. The number of carbonyl (C=O) groups is 2. The van der Waals surface area contributed by atoms with Gasteiger partial charge in [0.1, 0.15) is 0 Å². The van der Waals surface area contributed by atoms with Gasteiger partial charge in [0.05, 0.1) is 26.0 Å². The van der Waals surface area contributed by atoms with E-state index in [9.17, 15) is 18.0 Å². The molecule has 0 aliphatic rings. The highest BCUT2D eigenvalue weighted by molar-refractivity contribution is 7.86. The highest BCUT2D eigenvalue weighted by atomic mass is 32.2. The Morgan fingerprint density at radius 1 is 1.21 bits per heavy atom. The molecule has 0 unspecified atom stereocenters. The van der Waals surface area contributed by atoms with Crippen molar-refractivity contribution in [1.29, 1.82) is 0 Å². The van der Waals surface area contributed by atoms with E-state index >= 15 is 0 Å². The molecule has 9 heteroatoms. The lowest BCUT2D eigenvalue weighted by molar-refractivity contribution is -0.149. The summed E-state index contributed by atoms with van der Waals surface area (Å²) in [6.45, 7) is 1.75. The van der Waals surface area contributed by atoms with Crippen molar-refractivity contribution in [2.24, 2.45) is 0 Å². The minimum absolute atomic E-state index is 0.125. The second kappa shape index (κ2) is 9.24. The Kier molecular flexibility index (Phi) is 7.66. The van der Waals surface area contributed by atoms with Crippen LogP contribution in [0.4, 0.5) is 4.79 Å². The van der Waals surface area contributed by atoms with Crippen LogP contribution in [0, 0.1) is 0 Å². The lowest BCUT2D eigenvalue weighted by Gasteiger charge is -2.25. The largest absolute Gasteiger partial charge is 0.467 e. The first kappa shape index (κ1) is 19.9. The molecule has 8 nitrogen and oxygen atoms in total. The van der Waals surface area contributed by atoms with Crippen LogP contribution >= 0.6 is 0 Å². The van der Waals surface area contributed by atoms with E-state index in [0.717, 1.165) is 18.9 Å². The number of benzene rings is 1. The molecule has 1 N–H and O–H groups in total. The van der Waals surface area contributed by atoms with Crippen LogP contribution in [-0.2, 0) is 35.0 Å². The molecule has 1 aromatic rings. The third-order valence-electron chi connectivity index (χ3n) is 2.95. The van der Waals surface area contributed by atoms with E-state index in [1.807, 2.05) is 6.07 Å².